The maximum atomic E-state index is 9.14. The number of fused-ring (bicyclic) bond motifs is 1. The van der Waals surface area contributed by atoms with E-state index in [1.54, 1.807) is 11.3 Å². The predicted molar refractivity (Wildman–Crippen MR) is 124 cm³/mol. The molecule has 1 aromatic carbocycles. The lowest BCUT2D eigenvalue weighted by Gasteiger charge is -2.42. The van der Waals surface area contributed by atoms with Gasteiger partial charge in [0.2, 0.25) is 0 Å². The average molecular weight is 413 g/mol. The molecule has 2 aliphatic rings. The van der Waals surface area contributed by atoms with Gasteiger partial charge in [0.15, 0.2) is 5.13 Å². The van der Waals surface area contributed by atoms with Crippen molar-refractivity contribution in [1.29, 1.82) is 0 Å². The molecule has 1 aromatic heterocycles. The summed E-state index contributed by atoms with van der Waals surface area (Å²) >= 11 is 1.78. The number of aliphatic hydroxyl groups excluding tert-OH is 1. The van der Waals surface area contributed by atoms with Gasteiger partial charge in [0.05, 0.1) is 5.69 Å². The first-order chi connectivity index (χ1) is 13.8. The third-order valence-corrected chi connectivity index (χ3v) is 8.10. The second-order valence-electron chi connectivity index (χ2n) is 10.4. The number of nitrogens with zero attached hydrogens (tertiary/aromatic N) is 2. The molecule has 4 heteroatoms. The summed E-state index contributed by atoms with van der Waals surface area (Å²) in [6.07, 6.45) is 7.04. The molecule has 1 saturated heterocycles. The van der Waals surface area contributed by atoms with E-state index >= 15 is 0 Å². The summed E-state index contributed by atoms with van der Waals surface area (Å²) in [6.45, 7) is 12.0. The highest BCUT2D eigenvalue weighted by Crippen LogP contribution is 2.47. The molecule has 0 spiro atoms. The van der Waals surface area contributed by atoms with Gasteiger partial charge < -0.3 is 10.0 Å². The zero-order valence-corrected chi connectivity index (χ0v) is 19.3. The van der Waals surface area contributed by atoms with Crippen LogP contribution in [0, 0.1) is 5.92 Å². The van der Waals surface area contributed by atoms with Crippen LogP contribution in [0.5, 0.6) is 0 Å². The third-order valence-electron chi connectivity index (χ3n) is 7.20. The van der Waals surface area contributed by atoms with Crippen LogP contribution in [0.4, 0.5) is 5.13 Å². The van der Waals surface area contributed by atoms with Crippen LogP contribution >= 0.6 is 11.3 Å². The molecule has 3 nitrogen and oxygen atoms in total. The van der Waals surface area contributed by atoms with Crippen LogP contribution in [0.2, 0.25) is 0 Å². The van der Waals surface area contributed by atoms with E-state index in [4.69, 9.17) is 10.1 Å². The second kappa shape index (κ2) is 8.03. The smallest absolute Gasteiger partial charge is 0.185 e. The van der Waals surface area contributed by atoms with E-state index in [0.717, 1.165) is 36.8 Å². The Morgan fingerprint density at radius 2 is 1.90 bits per heavy atom. The van der Waals surface area contributed by atoms with Gasteiger partial charge in [-0.1, -0.05) is 39.8 Å². The molecule has 2 aromatic rings. The quantitative estimate of drug-likeness (QED) is 0.640. The van der Waals surface area contributed by atoms with Crippen molar-refractivity contribution in [2.45, 2.75) is 77.0 Å². The molecule has 4 rings (SSSR count). The van der Waals surface area contributed by atoms with Crippen molar-refractivity contribution in [1.82, 2.24) is 4.98 Å². The topological polar surface area (TPSA) is 36.4 Å². The van der Waals surface area contributed by atoms with Crippen molar-refractivity contribution < 1.29 is 5.11 Å². The molecule has 0 bridgehead atoms. The highest BCUT2D eigenvalue weighted by atomic mass is 32.1. The van der Waals surface area contributed by atoms with E-state index in [0.29, 0.717) is 12.5 Å². The van der Waals surface area contributed by atoms with Crippen LogP contribution in [0.15, 0.2) is 23.6 Å². The molecule has 1 N–H and O–H groups in total. The number of hydrogen-bond donors (Lipinski definition) is 1. The zero-order valence-electron chi connectivity index (χ0n) is 18.5. The molecule has 1 fully saturated rings. The first-order valence-electron chi connectivity index (χ1n) is 11.3. The SMILES string of the molecule is CC1(C)CCC(C)(C)c2cc(-c3csc(N4CCCC(CCCO)C4)n3)ccc21. The summed E-state index contributed by atoms with van der Waals surface area (Å²) < 4.78 is 0. The number of rotatable bonds is 5. The summed E-state index contributed by atoms with van der Waals surface area (Å²) in [5, 5.41) is 12.5. The molecular formula is C25H36N2OS. The second-order valence-corrected chi connectivity index (χ2v) is 11.2. The molecule has 2 heterocycles. The molecule has 1 unspecified atom stereocenters. The standard InChI is InChI=1S/C25H36N2OS/c1-24(2)11-12-25(3,4)21-15-19(9-10-20(21)24)22-17-29-23(26-22)27-13-5-7-18(16-27)8-6-14-28/h9-10,15,17-18,28H,5-8,11-14,16H2,1-4H3. The maximum Gasteiger partial charge on any atom is 0.185 e. The number of hydrogen-bond acceptors (Lipinski definition) is 4. The van der Waals surface area contributed by atoms with E-state index in [1.165, 1.54) is 42.4 Å². The van der Waals surface area contributed by atoms with Crippen LogP contribution in [0.1, 0.15) is 77.3 Å². The first kappa shape index (κ1) is 20.9. The van der Waals surface area contributed by atoms with Crippen LogP contribution in [0.25, 0.3) is 11.3 Å². The molecule has 158 valence electrons. The fourth-order valence-electron chi connectivity index (χ4n) is 5.14. The monoisotopic (exact) mass is 412 g/mol. The molecular weight excluding hydrogens is 376 g/mol. The van der Waals surface area contributed by atoms with Gasteiger partial charge in [-0.25, -0.2) is 4.98 Å². The Morgan fingerprint density at radius 1 is 1.14 bits per heavy atom. The number of piperidine rings is 1. The summed E-state index contributed by atoms with van der Waals surface area (Å²) in [7, 11) is 0. The summed E-state index contributed by atoms with van der Waals surface area (Å²) in [4.78, 5) is 7.51. The maximum absolute atomic E-state index is 9.14. The van der Waals surface area contributed by atoms with Crippen LogP contribution in [0.3, 0.4) is 0 Å². The normalized spacial score (nSPS) is 23.1. The van der Waals surface area contributed by atoms with Crippen molar-refractivity contribution in [2.24, 2.45) is 5.92 Å². The average Bonchev–Trinajstić information content (AvgIpc) is 3.20. The lowest BCUT2D eigenvalue weighted by molar-refractivity contribution is 0.263. The largest absolute Gasteiger partial charge is 0.396 e. The molecule has 0 saturated carbocycles. The van der Waals surface area contributed by atoms with Crippen molar-refractivity contribution in [3.05, 3.63) is 34.7 Å². The minimum atomic E-state index is 0.229. The van der Waals surface area contributed by atoms with Gasteiger partial charge in [-0.3, -0.25) is 0 Å². The third kappa shape index (κ3) is 4.25. The van der Waals surface area contributed by atoms with Gasteiger partial charge >= 0.3 is 0 Å². The number of aliphatic hydroxyl groups is 1. The first-order valence-corrected chi connectivity index (χ1v) is 12.1. The fourth-order valence-corrected chi connectivity index (χ4v) is 6.02. The summed E-state index contributed by atoms with van der Waals surface area (Å²) in [5.41, 5.74) is 5.87. The number of aromatic nitrogens is 1. The lowest BCUT2D eigenvalue weighted by Crippen LogP contribution is -2.35. The van der Waals surface area contributed by atoms with E-state index in [-0.39, 0.29) is 10.8 Å². The Morgan fingerprint density at radius 3 is 2.66 bits per heavy atom. The van der Waals surface area contributed by atoms with Crippen LogP contribution in [-0.2, 0) is 10.8 Å². The Bertz CT molecular complexity index is 854. The van der Waals surface area contributed by atoms with Crippen LogP contribution < -0.4 is 4.90 Å². The number of thiazole rings is 1. The van der Waals surface area contributed by atoms with Crippen molar-refractivity contribution in [3.8, 4) is 11.3 Å². The van der Waals surface area contributed by atoms with Crippen molar-refractivity contribution >= 4 is 16.5 Å². The lowest BCUT2D eigenvalue weighted by atomic mass is 9.63. The summed E-state index contributed by atoms with van der Waals surface area (Å²) in [5.74, 6) is 0.690. The van der Waals surface area contributed by atoms with E-state index in [9.17, 15) is 0 Å². The van der Waals surface area contributed by atoms with Gasteiger partial charge in [-0.2, -0.15) is 0 Å². The van der Waals surface area contributed by atoms with E-state index in [1.807, 2.05) is 0 Å². The van der Waals surface area contributed by atoms with Gasteiger partial charge in [-0.05, 0) is 72.5 Å². The Balaban J connectivity index is 1.57. The van der Waals surface area contributed by atoms with Gasteiger partial charge in [0, 0.05) is 30.6 Å². The van der Waals surface area contributed by atoms with Crippen LogP contribution in [-0.4, -0.2) is 29.8 Å². The minimum absolute atomic E-state index is 0.229. The number of benzene rings is 1. The molecule has 0 amide bonds. The molecule has 1 atom stereocenters. The Hall–Kier alpha value is -1.39. The molecule has 29 heavy (non-hydrogen) atoms. The van der Waals surface area contributed by atoms with Gasteiger partial charge in [-0.15, -0.1) is 11.3 Å². The Labute approximate surface area is 180 Å². The summed E-state index contributed by atoms with van der Waals surface area (Å²) in [6, 6.07) is 7.05. The van der Waals surface area contributed by atoms with E-state index < -0.39 is 0 Å². The van der Waals surface area contributed by atoms with E-state index in [2.05, 4.69) is 56.2 Å². The predicted octanol–water partition coefficient (Wildman–Crippen LogP) is 6.15. The van der Waals surface area contributed by atoms with Gasteiger partial charge in [0.1, 0.15) is 0 Å². The van der Waals surface area contributed by atoms with Crippen molar-refractivity contribution in [3.63, 3.8) is 0 Å². The minimum Gasteiger partial charge on any atom is -0.396 e. The Kier molecular flexibility index (Phi) is 5.78. The van der Waals surface area contributed by atoms with Crippen molar-refractivity contribution in [2.75, 3.05) is 24.6 Å². The zero-order chi connectivity index (χ0) is 20.6. The molecule has 0 radical (unpaired) electrons. The highest BCUT2D eigenvalue weighted by molar-refractivity contribution is 7.14. The van der Waals surface area contributed by atoms with Gasteiger partial charge in [0.25, 0.3) is 0 Å². The fraction of sp³-hybridized carbons (Fsp3) is 0.640. The molecule has 1 aliphatic heterocycles. The highest BCUT2D eigenvalue weighted by Gasteiger charge is 2.37. The molecule has 1 aliphatic carbocycles. The number of anilines is 1.